The second kappa shape index (κ2) is 7.30. The van der Waals surface area contributed by atoms with Gasteiger partial charge in [0.1, 0.15) is 11.6 Å². The molecule has 1 amide bonds. The molecule has 1 N–H and O–H groups in total. The van der Waals surface area contributed by atoms with Gasteiger partial charge in [0, 0.05) is 18.1 Å². The van der Waals surface area contributed by atoms with Crippen LogP contribution in [0.5, 0.6) is 5.75 Å². The van der Waals surface area contributed by atoms with Gasteiger partial charge in [0.15, 0.2) is 12.2 Å². The predicted molar refractivity (Wildman–Crippen MR) is 88.3 cm³/mol. The summed E-state index contributed by atoms with van der Waals surface area (Å²) in [5, 5.41) is 2.50. The summed E-state index contributed by atoms with van der Waals surface area (Å²) in [6.07, 6.45) is 2.46. The first-order chi connectivity index (χ1) is 12.5. The van der Waals surface area contributed by atoms with Crippen molar-refractivity contribution in [2.45, 2.75) is 13.5 Å². The number of nitrogens with one attached hydrogen (secondary N) is 1. The molecule has 8 heteroatoms. The minimum Gasteiger partial charge on any atom is -0.443 e. The summed E-state index contributed by atoms with van der Waals surface area (Å²) in [5.74, 6) is -1.27. The van der Waals surface area contributed by atoms with Crippen molar-refractivity contribution in [3.8, 4) is 28.2 Å². The van der Waals surface area contributed by atoms with Crippen LogP contribution < -0.4 is 10.1 Å². The summed E-state index contributed by atoms with van der Waals surface area (Å²) in [7, 11) is 0. The van der Waals surface area contributed by atoms with Gasteiger partial charge in [-0.25, -0.2) is 9.37 Å². The van der Waals surface area contributed by atoms with Crippen LogP contribution in [0.1, 0.15) is 6.92 Å². The van der Waals surface area contributed by atoms with Crippen LogP contribution in [0.4, 0.5) is 18.9 Å². The zero-order valence-electron chi connectivity index (χ0n) is 13.5. The van der Waals surface area contributed by atoms with Crippen LogP contribution in [-0.4, -0.2) is 17.5 Å². The molecule has 0 unspecified atom stereocenters. The molecule has 2 aromatic carbocycles. The monoisotopic (exact) mass is 362 g/mol. The number of benzene rings is 2. The molecule has 0 fully saturated rings. The van der Waals surface area contributed by atoms with Crippen LogP contribution in [0.25, 0.3) is 22.5 Å². The van der Waals surface area contributed by atoms with Crippen LogP contribution in [-0.2, 0) is 4.79 Å². The lowest BCUT2D eigenvalue weighted by Gasteiger charge is -2.16. The number of oxazole rings is 1. The van der Waals surface area contributed by atoms with Crippen molar-refractivity contribution in [1.82, 2.24) is 4.98 Å². The molecule has 3 rings (SSSR count). The molecule has 0 aliphatic heterocycles. The first-order valence-electron chi connectivity index (χ1n) is 7.50. The highest BCUT2D eigenvalue weighted by molar-refractivity contribution is 5.96. The van der Waals surface area contributed by atoms with Gasteiger partial charge >= 0.3 is 6.61 Å². The second-order valence-electron chi connectivity index (χ2n) is 5.27. The number of carbonyl (C=O) groups is 1. The molecule has 1 heterocycles. The van der Waals surface area contributed by atoms with E-state index in [4.69, 9.17) is 4.42 Å². The number of halogens is 3. The predicted octanol–water partition coefficient (Wildman–Crippen LogP) is 4.71. The summed E-state index contributed by atoms with van der Waals surface area (Å²) >= 11 is 0. The molecule has 1 aromatic heterocycles. The highest BCUT2D eigenvalue weighted by atomic mass is 19.3. The number of aromatic nitrogens is 1. The maximum absolute atomic E-state index is 15.3. The highest BCUT2D eigenvalue weighted by Gasteiger charge is 2.22. The van der Waals surface area contributed by atoms with Crippen molar-refractivity contribution in [1.29, 1.82) is 0 Å². The van der Waals surface area contributed by atoms with Gasteiger partial charge in [-0.05, 0) is 18.2 Å². The number of nitrogens with zero attached hydrogens (tertiary/aromatic N) is 1. The van der Waals surface area contributed by atoms with Gasteiger partial charge in [-0.15, -0.1) is 0 Å². The molecule has 0 saturated carbocycles. The summed E-state index contributed by atoms with van der Waals surface area (Å²) < 4.78 is 50.3. The van der Waals surface area contributed by atoms with Crippen molar-refractivity contribution in [2.75, 3.05) is 5.32 Å². The summed E-state index contributed by atoms with van der Waals surface area (Å²) in [5.41, 5.74) is 0.155. The Morgan fingerprint density at radius 3 is 2.62 bits per heavy atom. The number of hydrogen-bond acceptors (Lipinski definition) is 4. The number of rotatable bonds is 5. The third-order valence-corrected chi connectivity index (χ3v) is 3.52. The fraction of sp³-hybridized carbons (Fsp3) is 0.111. The van der Waals surface area contributed by atoms with Crippen molar-refractivity contribution >= 4 is 11.6 Å². The maximum Gasteiger partial charge on any atom is 0.387 e. The Labute approximate surface area is 146 Å². The molecule has 0 bridgehead atoms. The van der Waals surface area contributed by atoms with Gasteiger partial charge in [0.2, 0.25) is 5.91 Å². The Morgan fingerprint density at radius 2 is 1.96 bits per heavy atom. The van der Waals surface area contributed by atoms with Crippen molar-refractivity contribution in [3.05, 3.63) is 54.8 Å². The van der Waals surface area contributed by atoms with E-state index >= 15 is 4.39 Å². The molecular formula is C18H13F3N2O3. The van der Waals surface area contributed by atoms with E-state index in [-0.39, 0.29) is 33.9 Å². The van der Waals surface area contributed by atoms with E-state index in [1.807, 2.05) is 0 Å². The normalized spacial score (nSPS) is 10.8. The van der Waals surface area contributed by atoms with E-state index in [2.05, 4.69) is 15.0 Å². The number of carbonyl (C=O) groups excluding carboxylic acids is 1. The number of hydrogen-bond donors (Lipinski definition) is 1. The van der Waals surface area contributed by atoms with Crippen LogP contribution in [0.2, 0.25) is 0 Å². The van der Waals surface area contributed by atoms with Gasteiger partial charge in [-0.2, -0.15) is 8.78 Å². The van der Waals surface area contributed by atoms with Crippen LogP contribution in [0.3, 0.4) is 0 Å². The maximum atomic E-state index is 15.3. The molecule has 0 aliphatic carbocycles. The van der Waals surface area contributed by atoms with E-state index in [0.717, 1.165) is 6.39 Å². The average molecular weight is 362 g/mol. The Bertz CT molecular complexity index is 927. The topological polar surface area (TPSA) is 64.4 Å². The van der Waals surface area contributed by atoms with Gasteiger partial charge in [0.25, 0.3) is 0 Å². The number of anilines is 1. The van der Waals surface area contributed by atoms with Crippen molar-refractivity contribution in [3.63, 3.8) is 0 Å². The minimum absolute atomic E-state index is 0.0652. The second-order valence-corrected chi connectivity index (χ2v) is 5.27. The lowest BCUT2D eigenvalue weighted by atomic mass is 9.98. The lowest BCUT2D eigenvalue weighted by molar-refractivity contribution is -0.114. The van der Waals surface area contributed by atoms with Gasteiger partial charge in [0.05, 0.1) is 17.4 Å². The fourth-order valence-electron chi connectivity index (χ4n) is 2.54. The smallest absolute Gasteiger partial charge is 0.387 e. The van der Waals surface area contributed by atoms with E-state index in [1.165, 1.54) is 43.5 Å². The minimum atomic E-state index is -3.08. The fourth-order valence-corrected chi connectivity index (χ4v) is 2.54. The molecule has 0 aliphatic rings. The zero-order valence-corrected chi connectivity index (χ0v) is 13.5. The average Bonchev–Trinajstić information content (AvgIpc) is 3.09. The van der Waals surface area contributed by atoms with E-state index in [1.54, 1.807) is 6.07 Å². The zero-order chi connectivity index (χ0) is 18.7. The molecular weight excluding hydrogens is 349 g/mol. The van der Waals surface area contributed by atoms with Gasteiger partial charge in [-0.1, -0.05) is 18.2 Å². The summed E-state index contributed by atoms with van der Waals surface area (Å²) in [4.78, 5) is 15.2. The molecule has 3 aromatic rings. The summed E-state index contributed by atoms with van der Waals surface area (Å²) in [6.45, 7) is -1.82. The Balaban J connectivity index is 2.24. The standard InChI is InChI=1S/C18H13F3N2O3/c1-10(24)23-13-7-6-12(15-8-22-9-25-15)17(19)16(13)11-4-2-3-5-14(11)26-18(20)21/h2-9,18H,1H3,(H,23,24). The first-order valence-corrected chi connectivity index (χ1v) is 7.50. The van der Waals surface area contributed by atoms with Gasteiger partial charge < -0.3 is 14.5 Å². The molecule has 5 nitrogen and oxygen atoms in total. The largest absolute Gasteiger partial charge is 0.443 e. The molecule has 134 valence electrons. The molecule has 0 radical (unpaired) electrons. The molecule has 0 spiro atoms. The molecule has 26 heavy (non-hydrogen) atoms. The van der Waals surface area contributed by atoms with Crippen LogP contribution >= 0.6 is 0 Å². The van der Waals surface area contributed by atoms with E-state index < -0.39 is 18.3 Å². The third-order valence-electron chi connectivity index (χ3n) is 3.52. The van der Waals surface area contributed by atoms with Gasteiger partial charge in [-0.3, -0.25) is 4.79 Å². The first kappa shape index (κ1) is 17.5. The Morgan fingerprint density at radius 1 is 1.19 bits per heavy atom. The number of ether oxygens (including phenoxy) is 1. The van der Waals surface area contributed by atoms with E-state index in [9.17, 15) is 13.6 Å². The Kier molecular flexibility index (Phi) is 4.92. The Hall–Kier alpha value is -3.29. The van der Waals surface area contributed by atoms with E-state index in [0.29, 0.717) is 0 Å². The quantitative estimate of drug-likeness (QED) is 0.714. The lowest BCUT2D eigenvalue weighted by Crippen LogP contribution is -2.09. The molecule has 0 atom stereocenters. The third kappa shape index (κ3) is 3.53. The molecule has 0 saturated heterocycles. The van der Waals surface area contributed by atoms with Crippen LogP contribution in [0, 0.1) is 5.82 Å². The highest BCUT2D eigenvalue weighted by Crippen LogP contribution is 2.41. The summed E-state index contributed by atoms with van der Waals surface area (Å²) in [6, 6.07) is 8.60. The number of alkyl halides is 2. The number of amides is 1. The van der Waals surface area contributed by atoms with Crippen molar-refractivity contribution < 1.29 is 27.1 Å². The SMILES string of the molecule is CC(=O)Nc1ccc(-c2cnco2)c(F)c1-c1ccccc1OC(F)F. The van der Waals surface area contributed by atoms with Crippen molar-refractivity contribution in [2.24, 2.45) is 0 Å². The number of para-hydroxylation sites is 1. The van der Waals surface area contributed by atoms with Crippen LogP contribution in [0.15, 0.2) is 53.4 Å².